The number of nitrogens with zero attached hydrogens (tertiary/aromatic N) is 1. The van der Waals surface area contributed by atoms with E-state index in [9.17, 15) is 5.11 Å². The molecule has 1 saturated carbocycles. The molecule has 2 atom stereocenters. The van der Waals surface area contributed by atoms with E-state index in [1.807, 2.05) is 18.2 Å². The number of thioether (sulfide) groups is 1. The lowest BCUT2D eigenvalue weighted by molar-refractivity contribution is 0.137. The van der Waals surface area contributed by atoms with Crippen LogP contribution in [0.5, 0.6) is 5.75 Å². The van der Waals surface area contributed by atoms with Crippen LogP contribution in [0, 0.1) is 0 Å². The molecule has 19 heavy (non-hydrogen) atoms. The van der Waals surface area contributed by atoms with E-state index < -0.39 is 0 Å². The second kappa shape index (κ2) is 5.43. The minimum absolute atomic E-state index is 0.207. The van der Waals surface area contributed by atoms with Gasteiger partial charge in [0.05, 0.1) is 24.2 Å². The molecule has 1 aromatic heterocycles. The van der Waals surface area contributed by atoms with Gasteiger partial charge in [-0.2, -0.15) is 0 Å². The number of methoxy groups -OCH3 is 1. The zero-order valence-electron chi connectivity index (χ0n) is 10.9. The maximum atomic E-state index is 10.0. The predicted molar refractivity (Wildman–Crippen MR) is 76.8 cm³/mol. The molecule has 0 bridgehead atoms. The summed E-state index contributed by atoms with van der Waals surface area (Å²) in [5, 5.41) is 11.1. The zero-order valence-corrected chi connectivity index (χ0v) is 11.7. The zero-order chi connectivity index (χ0) is 13.2. The molecule has 4 nitrogen and oxygen atoms in total. The quantitative estimate of drug-likeness (QED) is 0.906. The van der Waals surface area contributed by atoms with Gasteiger partial charge in [0, 0.05) is 11.3 Å². The maximum absolute atomic E-state index is 10.0. The van der Waals surface area contributed by atoms with Crippen molar-refractivity contribution in [1.82, 2.24) is 9.97 Å². The van der Waals surface area contributed by atoms with E-state index in [0.29, 0.717) is 0 Å². The second-order valence-corrected chi connectivity index (χ2v) is 6.16. The van der Waals surface area contributed by atoms with E-state index >= 15 is 0 Å². The molecule has 102 valence electrons. The van der Waals surface area contributed by atoms with Crippen LogP contribution in [0.15, 0.2) is 23.4 Å². The van der Waals surface area contributed by atoms with Crippen molar-refractivity contribution >= 4 is 22.8 Å². The van der Waals surface area contributed by atoms with E-state index in [2.05, 4.69) is 9.97 Å². The van der Waals surface area contributed by atoms with Crippen molar-refractivity contribution < 1.29 is 9.84 Å². The Morgan fingerprint density at radius 3 is 3.00 bits per heavy atom. The lowest BCUT2D eigenvalue weighted by Crippen LogP contribution is -2.26. The number of imidazole rings is 1. The summed E-state index contributed by atoms with van der Waals surface area (Å²) in [4.78, 5) is 7.86. The Hall–Kier alpha value is -1.20. The van der Waals surface area contributed by atoms with Crippen LogP contribution in [0.2, 0.25) is 0 Å². The van der Waals surface area contributed by atoms with E-state index in [4.69, 9.17) is 4.74 Å². The minimum atomic E-state index is -0.207. The molecule has 1 aliphatic rings. The van der Waals surface area contributed by atoms with E-state index in [1.54, 1.807) is 18.9 Å². The Labute approximate surface area is 116 Å². The molecule has 1 aliphatic carbocycles. The number of aromatic amines is 1. The molecule has 0 amide bonds. The first kappa shape index (κ1) is 12.8. The molecule has 1 aromatic carbocycles. The molecule has 5 heteroatoms. The number of hydrogen-bond donors (Lipinski definition) is 2. The average molecular weight is 278 g/mol. The van der Waals surface area contributed by atoms with Crippen molar-refractivity contribution in [1.29, 1.82) is 0 Å². The number of benzene rings is 1. The number of fused-ring (bicyclic) bond motifs is 1. The minimum Gasteiger partial charge on any atom is -0.497 e. The van der Waals surface area contributed by atoms with E-state index in [1.165, 1.54) is 6.42 Å². The first-order valence-electron chi connectivity index (χ1n) is 6.65. The second-order valence-electron chi connectivity index (χ2n) is 4.93. The number of aliphatic hydroxyl groups excluding tert-OH is 1. The van der Waals surface area contributed by atoms with Crippen molar-refractivity contribution in [3.05, 3.63) is 18.2 Å². The molecule has 0 radical (unpaired) electrons. The monoisotopic (exact) mass is 278 g/mol. The maximum Gasteiger partial charge on any atom is 0.166 e. The van der Waals surface area contributed by atoms with Crippen molar-refractivity contribution in [3.63, 3.8) is 0 Å². The van der Waals surface area contributed by atoms with Crippen LogP contribution < -0.4 is 4.74 Å². The van der Waals surface area contributed by atoms with Gasteiger partial charge in [0.2, 0.25) is 0 Å². The highest BCUT2D eigenvalue weighted by Crippen LogP contribution is 2.33. The summed E-state index contributed by atoms with van der Waals surface area (Å²) in [6.45, 7) is 0. The number of aliphatic hydroxyl groups is 1. The summed E-state index contributed by atoms with van der Waals surface area (Å²) in [5.74, 6) is 0.824. The lowest BCUT2D eigenvalue weighted by Gasteiger charge is -2.25. The van der Waals surface area contributed by atoms with Crippen molar-refractivity contribution in [2.75, 3.05) is 7.11 Å². The highest BCUT2D eigenvalue weighted by Gasteiger charge is 2.25. The number of H-pyrrole nitrogens is 1. The molecular weight excluding hydrogens is 260 g/mol. The Morgan fingerprint density at radius 1 is 1.37 bits per heavy atom. The van der Waals surface area contributed by atoms with Crippen molar-refractivity contribution in [3.8, 4) is 5.75 Å². The van der Waals surface area contributed by atoms with Crippen molar-refractivity contribution in [2.45, 2.75) is 42.2 Å². The lowest BCUT2D eigenvalue weighted by atomic mass is 9.97. The summed E-state index contributed by atoms with van der Waals surface area (Å²) >= 11 is 1.65. The summed E-state index contributed by atoms with van der Waals surface area (Å²) in [7, 11) is 1.66. The standard InChI is InChI=1S/C14H18N2O2S/c1-18-9-6-7-10-11(8-9)16-14(15-10)19-13-5-3-2-4-12(13)17/h6-8,12-13,17H,2-5H2,1H3,(H,15,16). The topological polar surface area (TPSA) is 58.1 Å². The number of aromatic nitrogens is 2. The smallest absolute Gasteiger partial charge is 0.166 e. The van der Waals surface area contributed by atoms with Crippen molar-refractivity contribution in [2.24, 2.45) is 0 Å². The molecule has 2 N–H and O–H groups in total. The van der Waals surface area contributed by atoms with Gasteiger partial charge >= 0.3 is 0 Å². The average Bonchev–Trinajstić information content (AvgIpc) is 2.82. The molecule has 3 rings (SSSR count). The Bertz CT molecular complexity index is 570. The third kappa shape index (κ3) is 2.72. The molecule has 1 fully saturated rings. The number of rotatable bonds is 3. The van der Waals surface area contributed by atoms with Gasteiger partial charge in [0.1, 0.15) is 5.75 Å². The van der Waals surface area contributed by atoms with Crippen LogP contribution >= 0.6 is 11.8 Å². The van der Waals surface area contributed by atoms with Crippen LogP contribution in [0.25, 0.3) is 11.0 Å². The highest BCUT2D eigenvalue weighted by atomic mass is 32.2. The molecule has 0 spiro atoms. The first-order chi connectivity index (χ1) is 9.26. The molecule has 0 saturated heterocycles. The molecule has 2 unspecified atom stereocenters. The molecular formula is C14H18N2O2S. The fourth-order valence-corrected chi connectivity index (χ4v) is 3.69. The Morgan fingerprint density at radius 2 is 2.21 bits per heavy atom. The van der Waals surface area contributed by atoms with Gasteiger partial charge in [0.25, 0.3) is 0 Å². The number of nitrogens with one attached hydrogen (secondary N) is 1. The Balaban J connectivity index is 1.81. The largest absolute Gasteiger partial charge is 0.497 e. The van der Waals surface area contributed by atoms with Crippen LogP contribution in [-0.2, 0) is 0 Å². The van der Waals surface area contributed by atoms with Gasteiger partial charge < -0.3 is 14.8 Å². The van der Waals surface area contributed by atoms with Gasteiger partial charge in [-0.25, -0.2) is 4.98 Å². The highest BCUT2D eigenvalue weighted by molar-refractivity contribution is 7.99. The van der Waals surface area contributed by atoms with Crippen LogP contribution in [0.1, 0.15) is 25.7 Å². The van der Waals surface area contributed by atoms with Gasteiger partial charge in [-0.1, -0.05) is 24.6 Å². The van der Waals surface area contributed by atoms with E-state index in [-0.39, 0.29) is 11.4 Å². The third-order valence-corrected chi connectivity index (χ3v) is 4.87. The summed E-state index contributed by atoms with van der Waals surface area (Å²) in [6, 6.07) is 5.81. The summed E-state index contributed by atoms with van der Waals surface area (Å²) in [5.41, 5.74) is 1.92. The molecule has 2 aromatic rings. The molecule has 1 heterocycles. The van der Waals surface area contributed by atoms with E-state index in [0.717, 1.165) is 41.2 Å². The van der Waals surface area contributed by atoms with Gasteiger partial charge in [-0.3, -0.25) is 0 Å². The summed E-state index contributed by atoms with van der Waals surface area (Å²) in [6.07, 6.45) is 4.09. The predicted octanol–water partition coefficient (Wildman–Crippen LogP) is 2.97. The van der Waals surface area contributed by atoms with Crippen LogP contribution in [0.4, 0.5) is 0 Å². The van der Waals surface area contributed by atoms with Crippen LogP contribution in [-0.4, -0.2) is 33.5 Å². The van der Waals surface area contributed by atoms with Gasteiger partial charge in [0.15, 0.2) is 5.16 Å². The fourth-order valence-electron chi connectivity index (χ4n) is 2.51. The third-order valence-electron chi connectivity index (χ3n) is 3.60. The number of hydrogen-bond acceptors (Lipinski definition) is 4. The van der Waals surface area contributed by atoms with Gasteiger partial charge in [-0.15, -0.1) is 0 Å². The fraction of sp³-hybridized carbons (Fsp3) is 0.500. The Kier molecular flexibility index (Phi) is 3.66. The van der Waals surface area contributed by atoms with Crippen LogP contribution in [0.3, 0.4) is 0 Å². The molecule has 0 aliphatic heterocycles. The normalized spacial score (nSPS) is 23.7. The van der Waals surface area contributed by atoms with Gasteiger partial charge in [-0.05, 0) is 25.0 Å². The summed E-state index contributed by atoms with van der Waals surface area (Å²) < 4.78 is 5.20. The first-order valence-corrected chi connectivity index (χ1v) is 7.53. The SMILES string of the molecule is COc1ccc2nc(SC3CCCCC3O)[nH]c2c1. The number of ether oxygens (including phenoxy) is 1.